The van der Waals surface area contributed by atoms with Crippen molar-refractivity contribution < 1.29 is 9.90 Å². The molecule has 0 aliphatic heterocycles. The molecular weight excluding hydrogens is 266 g/mol. The molecule has 1 heterocycles. The van der Waals surface area contributed by atoms with Gasteiger partial charge in [0.1, 0.15) is 16.6 Å². The smallest absolute Gasteiger partial charge is 0.275 e. The lowest BCUT2D eigenvalue weighted by atomic mass is 10.1. The standard InChI is InChI=1S/C13H12ClN3O2/c1-7-4-11(18)8(2)3-9(7)17-13(19)10-5-15-6-12(14)16-10/h3-6,18H,1-2H3,(H,17,19). The number of anilines is 1. The molecule has 2 rings (SSSR count). The summed E-state index contributed by atoms with van der Waals surface area (Å²) in [4.78, 5) is 19.7. The number of carbonyl (C=O) groups excluding carboxylic acids is 1. The molecular formula is C13H12ClN3O2. The minimum absolute atomic E-state index is 0.137. The van der Waals surface area contributed by atoms with Crippen molar-refractivity contribution in [1.29, 1.82) is 0 Å². The zero-order chi connectivity index (χ0) is 14.0. The number of carbonyl (C=O) groups is 1. The molecule has 1 amide bonds. The van der Waals surface area contributed by atoms with Gasteiger partial charge in [0.05, 0.1) is 12.4 Å². The Morgan fingerprint density at radius 1 is 1.26 bits per heavy atom. The van der Waals surface area contributed by atoms with Gasteiger partial charge in [0.25, 0.3) is 5.91 Å². The maximum absolute atomic E-state index is 12.0. The summed E-state index contributed by atoms with van der Waals surface area (Å²) < 4.78 is 0. The van der Waals surface area contributed by atoms with Gasteiger partial charge in [-0.25, -0.2) is 4.98 Å². The van der Waals surface area contributed by atoms with Crippen LogP contribution >= 0.6 is 11.6 Å². The highest BCUT2D eigenvalue weighted by molar-refractivity contribution is 6.29. The summed E-state index contributed by atoms with van der Waals surface area (Å²) in [5.41, 5.74) is 2.18. The van der Waals surface area contributed by atoms with E-state index in [2.05, 4.69) is 15.3 Å². The summed E-state index contributed by atoms with van der Waals surface area (Å²) in [6.45, 7) is 3.54. The number of hydrogen-bond acceptors (Lipinski definition) is 4. The first-order chi connectivity index (χ1) is 8.97. The van der Waals surface area contributed by atoms with Crippen LogP contribution in [-0.4, -0.2) is 21.0 Å². The number of phenols is 1. The highest BCUT2D eigenvalue weighted by Gasteiger charge is 2.11. The predicted octanol–water partition coefficient (Wildman–Crippen LogP) is 2.70. The molecule has 19 heavy (non-hydrogen) atoms. The molecule has 0 spiro atoms. The predicted molar refractivity (Wildman–Crippen MR) is 72.6 cm³/mol. The number of nitrogens with zero attached hydrogens (tertiary/aromatic N) is 2. The SMILES string of the molecule is Cc1cc(NC(=O)c2cncc(Cl)n2)c(C)cc1O. The fourth-order valence-corrected chi connectivity index (χ4v) is 1.72. The van der Waals surface area contributed by atoms with Crippen molar-refractivity contribution in [2.45, 2.75) is 13.8 Å². The van der Waals surface area contributed by atoms with Gasteiger partial charge in [0, 0.05) is 5.69 Å². The largest absolute Gasteiger partial charge is 0.508 e. The van der Waals surface area contributed by atoms with Gasteiger partial charge in [-0.05, 0) is 37.1 Å². The molecule has 2 aromatic rings. The van der Waals surface area contributed by atoms with E-state index in [1.807, 2.05) is 0 Å². The molecule has 0 aliphatic carbocycles. The molecule has 5 nitrogen and oxygen atoms in total. The summed E-state index contributed by atoms with van der Waals surface area (Å²) in [5.74, 6) is -0.207. The van der Waals surface area contributed by atoms with Crippen LogP contribution in [0.1, 0.15) is 21.6 Å². The summed E-state index contributed by atoms with van der Waals surface area (Å²) in [6, 6.07) is 3.29. The van der Waals surface area contributed by atoms with Gasteiger partial charge in [-0.3, -0.25) is 9.78 Å². The van der Waals surface area contributed by atoms with Crippen LogP contribution in [0.5, 0.6) is 5.75 Å². The summed E-state index contributed by atoms with van der Waals surface area (Å²) >= 11 is 5.68. The van der Waals surface area contributed by atoms with Crippen LogP contribution in [0.15, 0.2) is 24.5 Å². The van der Waals surface area contributed by atoms with Crippen LogP contribution in [0.4, 0.5) is 5.69 Å². The average Bonchev–Trinajstić information content (AvgIpc) is 2.36. The van der Waals surface area contributed by atoms with Gasteiger partial charge >= 0.3 is 0 Å². The molecule has 0 bridgehead atoms. The number of nitrogens with one attached hydrogen (secondary N) is 1. The maximum Gasteiger partial charge on any atom is 0.275 e. The lowest BCUT2D eigenvalue weighted by molar-refractivity contribution is 0.102. The van der Waals surface area contributed by atoms with Gasteiger partial charge in [-0.15, -0.1) is 0 Å². The van der Waals surface area contributed by atoms with Crippen molar-refractivity contribution >= 4 is 23.2 Å². The first-order valence-corrected chi connectivity index (χ1v) is 5.94. The second-order valence-electron chi connectivity index (χ2n) is 4.13. The Hall–Kier alpha value is -2.14. The fraction of sp³-hybridized carbons (Fsp3) is 0.154. The molecule has 0 atom stereocenters. The Kier molecular flexibility index (Phi) is 3.66. The van der Waals surface area contributed by atoms with Gasteiger partial charge in [0.2, 0.25) is 0 Å². The third kappa shape index (κ3) is 3.00. The van der Waals surface area contributed by atoms with Crippen LogP contribution in [0, 0.1) is 13.8 Å². The van der Waals surface area contributed by atoms with Gasteiger partial charge in [-0.1, -0.05) is 11.6 Å². The maximum atomic E-state index is 12.0. The zero-order valence-corrected chi connectivity index (χ0v) is 11.2. The molecule has 0 aliphatic rings. The van der Waals surface area contributed by atoms with Crippen LogP contribution in [0.2, 0.25) is 5.15 Å². The molecule has 0 fully saturated rings. The molecule has 0 saturated carbocycles. The van der Waals surface area contributed by atoms with Crippen molar-refractivity contribution in [1.82, 2.24) is 9.97 Å². The number of halogens is 1. The number of rotatable bonds is 2. The normalized spacial score (nSPS) is 10.3. The summed E-state index contributed by atoms with van der Waals surface area (Å²) in [5, 5.41) is 12.4. The second kappa shape index (κ2) is 5.24. The molecule has 0 saturated heterocycles. The number of hydrogen-bond donors (Lipinski definition) is 2. The Morgan fingerprint density at radius 2 is 2.00 bits per heavy atom. The quantitative estimate of drug-likeness (QED) is 0.828. The molecule has 6 heteroatoms. The first-order valence-electron chi connectivity index (χ1n) is 5.56. The monoisotopic (exact) mass is 277 g/mol. The van der Waals surface area contributed by atoms with Crippen molar-refractivity contribution in [3.05, 3.63) is 46.5 Å². The number of aromatic hydroxyl groups is 1. The minimum atomic E-state index is -0.400. The lowest BCUT2D eigenvalue weighted by Crippen LogP contribution is -2.15. The number of phenolic OH excluding ortho intramolecular Hbond substituents is 1. The lowest BCUT2D eigenvalue weighted by Gasteiger charge is -2.10. The zero-order valence-electron chi connectivity index (χ0n) is 10.4. The third-order valence-electron chi connectivity index (χ3n) is 2.63. The van der Waals surface area contributed by atoms with E-state index in [-0.39, 0.29) is 16.6 Å². The van der Waals surface area contributed by atoms with Crippen molar-refractivity contribution in [3.63, 3.8) is 0 Å². The van der Waals surface area contributed by atoms with E-state index in [0.717, 1.165) is 5.56 Å². The third-order valence-corrected chi connectivity index (χ3v) is 2.81. The Labute approximate surface area is 115 Å². The van der Waals surface area contributed by atoms with E-state index in [4.69, 9.17) is 11.6 Å². The topological polar surface area (TPSA) is 75.1 Å². The van der Waals surface area contributed by atoms with Gasteiger partial charge in [-0.2, -0.15) is 0 Å². The van der Waals surface area contributed by atoms with Gasteiger partial charge in [0.15, 0.2) is 0 Å². The van der Waals surface area contributed by atoms with Gasteiger partial charge < -0.3 is 10.4 Å². The molecule has 1 aromatic carbocycles. The number of aromatic nitrogens is 2. The first kappa shape index (κ1) is 13.3. The van der Waals surface area contributed by atoms with E-state index < -0.39 is 5.91 Å². The minimum Gasteiger partial charge on any atom is -0.508 e. The van der Waals surface area contributed by atoms with Crippen LogP contribution in [-0.2, 0) is 0 Å². The van der Waals surface area contributed by atoms with Crippen LogP contribution in [0.3, 0.4) is 0 Å². The molecule has 2 N–H and O–H groups in total. The van der Waals surface area contributed by atoms with Crippen molar-refractivity contribution in [3.8, 4) is 5.75 Å². The summed E-state index contributed by atoms with van der Waals surface area (Å²) in [7, 11) is 0. The Balaban J connectivity index is 2.27. The number of aryl methyl sites for hydroxylation is 2. The van der Waals surface area contributed by atoms with Crippen molar-refractivity contribution in [2.24, 2.45) is 0 Å². The highest BCUT2D eigenvalue weighted by atomic mass is 35.5. The Morgan fingerprint density at radius 3 is 2.68 bits per heavy atom. The van der Waals surface area contributed by atoms with Crippen LogP contribution < -0.4 is 5.32 Å². The van der Waals surface area contributed by atoms with E-state index in [9.17, 15) is 9.90 Å². The van der Waals surface area contributed by atoms with E-state index >= 15 is 0 Å². The van der Waals surface area contributed by atoms with Crippen LogP contribution in [0.25, 0.3) is 0 Å². The van der Waals surface area contributed by atoms with Crippen molar-refractivity contribution in [2.75, 3.05) is 5.32 Å². The summed E-state index contributed by atoms with van der Waals surface area (Å²) in [6.07, 6.45) is 2.69. The Bertz CT molecular complexity index is 644. The second-order valence-corrected chi connectivity index (χ2v) is 4.52. The number of benzene rings is 1. The molecule has 1 aromatic heterocycles. The van der Waals surface area contributed by atoms with E-state index in [1.165, 1.54) is 12.4 Å². The molecule has 0 radical (unpaired) electrons. The van der Waals surface area contributed by atoms with E-state index in [0.29, 0.717) is 11.3 Å². The molecule has 98 valence electrons. The molecule has 0 unspecified atom stereocenters. The highest BCUT2D eigenvalue weighted by Crippen LogP contribution is 2.25. The number of amides is 1. The average molecular weight is 278 g/mol. The fourth-order valence-electron chi connectivity index (χ4n) is 1.57. The van der Waals surface area contributed by atoms with E-state index in [1.54, 1.807) is 26.0 Å².